The van der Waals surface area contributed by atoms with Gasteiger partial charge in [-0.25, -0.2) is 9.67 Å². The van der Waals surface area contributed by atoms with Crippen molar-refractivity contribution in [3.05, 3.63) is 39.9 Å². The van der Waals surface area contributed by atoms with Crippen LogP contribution in [0.2, 0.25) is 10.0 Å². The zero-order valence-corrected chi connectivity index (χ0v) is 14.9. The number of hydrogen-bond donors (Lipinski definition) is 1. The van der Waals surface area contributed by atoms with Crippen LogP contribution < -0.4 is 5.73 Å². The van der Waals surface area contributed by atoms with Gasteiger partial charge in [-0.2, -0.15) is 0 Å². The molecule has 24 heavy (non-hydrogen) atoms. The predicted molar refractivity (Wildman–Crippen MR) is 93.9 cm³/mol. The van der Waals surface area contributed by atoms with E-state index in [0.29, 0.717) is 41.1 Å². The van der Waals surface area contributed by atoms with Gasteiger partial charge in [-0.3, -0.25) is 4.79 Å². The van der Waals surface area contributed by atoms with Crippen LogP contribution in [0.4, 0.5) is 0 Å². The van der Waals surface area contributed by atoms with Crippen LogP contribution in [-0.4, -0.2) is 44.7 Å². The highest BCUT2D eigenvalue weighted by atomic mass is 35.5. The third-order valence-electron chi connectivity index (χ3n) is 4.24. The molecule has 2 heterocycles. The molecule has 0 bridgehead atoms. The Kier molecular flexibility index (Phi) is 5.08. The van der Waals surface area contributed by atoms with Gasteiger partial charge in [-0.1, -0.05) is 36.2 Å². The molecule has 1 aromatic carbocycles. The summed E-state index contributed by atoms with van der Waals surface area (Å²) in [5, 5.41) is 5.31. The van der Waals surface area contributed by atoms with E-state index >= 15 is 0 Å². The number of nitrogens with two attached hydrogens (primary N) is 1. The first-order valence-corrected chi connectivity index (χ1v) is 8.73. The number of para-hydroxylation sites is 1. The Morgan fingerprint density at radius 3 is 2.71 bits per heavy atom. The number of benzene rings is 1. The van der Waals surface area contributed by atoms with E-state index in [0.717, 1.165) is 12.8 Å². The zero-order chi connectivity index (χ0) is 17.3. The molecule has 6 nitrogen and oxygen atoms in total. The molecule has 128 valence electrons. The van der Waals surface area contributed by atoms with Crippen molar-refractivity contribution in [2.75, 3.05) is 13.1 Å². The number of likely N-dealkylation sites (tertiary alicyclic amines) is 1. The number of carbonyl (C=O) groups excluding carboxylic acids is 1. The van der Waals surface area contributed by atoms with E-state index in [1.807, 2.05) is 6.92 Å². The molecule has 0 aliphatic carbocycles. The summed E-state index contributed by atoms with van der Waals surface area (Å²) in [6, 6.07) is 5.28. The lowest BCUT2D eigenvalue weighted by atomic mass is 10.2. The Balaban J connectivity index is 2.01. The van der Waals surface area contributed by atoms with Crippen molar-refractivity contribution in [3.8, 4) is 5.69 Å². The quantitative estimate of drug-likeness (QED) is 0.900. The molecule has 0 radical (unpaired) electrons. The van der Waals surface area contributed by atoms with Crippen LogP contribution in [0.1, 0.15) is 36.2 Å². The Morgan fingerprint density at radius 2 is 2.08 bits per heavy atom. The molecule has 1 atom stereocenters. The van der Waals surface area contributed by atoms with Gasteiger partial charge in [-0.05, 0) is 25.0 Å². The lowest BCUT2D eigenvalue weighted by molar-refractivity contribution is 0.0729. The molecule has 8 heteroatoms. The lowest BCUT2D eigenvalue weighted by Crippen LogP contribution is -2.40. The molecule has 1 unspecified atom stereocenters. The van der Waals surface area contributed by atoms with Crippen LogP contribution in [0.3, 0.4) is 0 Å². The van der Waals surface area contributed by atoms with E-state index in [2.05, 4.69) is 10.1 Å². The topological polar surface area (TPSA) is 77.0 Å². The summed E-state index contributed by atoms with van der Waals surface area (Å²) in [4.78, 5) is 18.9. The average Bonchev–Trinajstić information content (AvgIpc) is 3.20. The molecule has 1 saturated heterocycles. The summed E-state index contributed by atoms with van der Waals surface area (Å²) < 4.78 is 1.56. The largest absolute Gasteiger partial charge is 0.332 e. The highest BCUT2D eigenvalue weighted by Crippen LogP contribution is 2.29. The first kappa shape index (κ1) is 17.2. The van der Waals surface area contributed by atoms with Crippen LogP contribution in [0, 0.1) is 0 Å². The van der Waals surface area contributed by atoms with Crippen molar-refractivity contribution in [3.63, 3.8) is 0 Å². The van der Waals surface area contributed by atoms with Crippen molar-refractivity contribution in [1.82, 2.24) is 19.7 Å². The van der Waals surface area contributed by atoms with Gasteiger partial charge in [0.05, 0.1) is 10.0 Å². The van der Waals surface area contributed by atoms with Gasteiger partial charge in [0.25, 0.3) is 5.91 Å². The van der Waals surface area contributed by atoms with Crippen molar-refractivity contribution in [2.24, 2.45) is 5.73 Å². The first-order valence-electron chi connectivity index (χ1n) is 7.98. The van der Waals surface area contributed by atoms with Gasteiger partial charge in [0.15, 0.2) is 0 Å². The number of carbonyl (C=O) groups is 1. The molecule has 1 amide bonds. The van der Waals surface area contributed by atoms with Crippen molar-refractivity contribution in [2.45, 2.75) is 32.2 Å². The first-order chi connectivity index (χ1) is 11.6. The fraction of sp³-hybridized carbons (Fsp3) is 0.438. The summed E-state index contributed by atoms with van der Waals surface area (Å²) in [5.74, 6) is 0.597. The molecular weight excluding hydrogens is 349 g/mol. The number of halogens is 2. The van der Waals surface area contributed by atoms with E-state index in [9.17, 15) is 4.79 Å². The standard InChI is InChI=1S/C16H19Cl2N5O/c1-2-13-20-15(16(24)22-8-4-5-10(22)9-19)21-23(13)14-11(17)6-3-7-12(14)18/h3,6-7,10H,2,4-5,8-9,19H2,1H3. The highest BCUT2D eigenvalue weighted by Gasteiger charge is 2.31. The molecule has 3 rings (SSSR count). The maximum absolute atomic E-state index is 12.8. The molecule has 1 aliphatic heterocycles. The van der Waals surface area contributed by atoms with Gasteiger partial charge < -0.3 is 10.6 Å². The number of nitrogens with zero attached hydrogens (tertiary/aromatic N) is 4. The van der Waals surface area contributed by atoms with Crippen molar-refractivity contribution in [1.29, 1.82) is 0 Å². The highest BCUT2D eigenvalue weighted by molar-refractivity contribution is 6.37. The second-order valence-electron chi connectivity index (χ2n) is 5.72. The molecule has 0 spiro atoms. The third kappa shape index (κ3) is 3.01. The molecule has 2 N–H and O–H groups in total. The summed E-state index contributed by atoms with van der Waals surface area (Å²) in [7, 11) is 0. The van der Waals surface area contributed by atoms with Crippen molar-refractivity contribution < 1.29 is 4.79 Å². The maximum Gasteiger partial charge on any atom is 0.293 e. The maximum atomic E-state index is 12.8. The van der Waals surface area contributed by atoms with Crippen LogP contribution in [0.5, 0.6) is 0 Å². The second kappa shape index (κ2) is 7.09. The molecule has 0 saturated carbocycles. The summed E-state index contributed by atoms with van der Waals surface area (Å²) in [6.07, 6.45) is 2.47. The number of hydrogen-bond acceptors (Lipinski definition) is 4. The molecule has 1 aromatic heterocycles. The van der Waals surface area contributed by atoms with Crippen LogP contribution >= 0.6 is 23.2 Å². The average molecular weight is 368 g/mol. The zero-order valence-electron chi connectivity index (χ0n) is 13.4. The minimum absolute atomic E-state index is 0.0541. The fourth-order valence-corrected chi connectivity index (χ4v) is 3.57. The minimum atomic E-state index is -0.195. The monoisotopic (exact) mass is 367 g/mol. The Labute approximate surface area is 150 Å². The van der Waals surface area contributed by atoms with E-state index in [1.165, 1.54) is 0 Å². The Morgan fingerprint density at radius 1 is 1.38 bits per heavy atom. The fourth-order valence-electron chi connectivity index (χ4n) is 3.01. The van der Waals surface area contributed by atoms with Gasteiger partial charge >= 0.3 is 0 Å². The van der Waals surface area contributed by atoms with Gasteiger partial charge in [0.2, 0.25) is 5.82 Å². The molecule has 2 aromatic rings. The molecule has 1 aliphatic rings. The van der Waals surface area contributed by atoms with Crippen LogP contribution in [0.15, 0.2) is 18.2 Å². The SMILES string of the molecule is CCc1nc(C(=O)N2CCCC2CN)nn1-c1c(Cl)cccc1Cl. The van der Waals surface area contributed by atoms with Gasteiger partial charge in [0.1, 0.15) is 11.5 Å². The summed E-state index contributed by atoms with van der Waals surface area (Å²) in [6.45, 7) is 3.07. The summed E-state index contributed by atoms with van der Waals surface area (Å²) >= 11 is 12.5. The predicted octanol–water partition coefficient (Wildman–Crippen LogP) is 2.70. The van der Waals surface area contributed by atoms with E-state index < -0.39 is 0 Å². The number of rotatable bonds is 4. The van der Waals surface area contributed by atoms with Crippen LogP contribution in [-0.2, 0) is 6.42 Å². The molecular formula is C16H19Cl2N5O. The number of aromatic nitrogens is 3. The summed E-state index contributed by atoms with van der Waals surface area (Å²) in [5.41, 5.74) is 6.30. The van der Waals surface area contributed by atoms with Gasteiger partial charge in [-0.15, -0.1) is 5.10 Å². The lowest BCUT2D eigenvalue weighted by Gasteiger charge is -2.21. The van der Waals surface area contributed by atoms with E-state index in [1.54, 1.807) is 27.8 Å². The number of aryl methyl sites for hydroxylation is 1. The minimum Gasteiger partial charge on any atom is -0.332 e. The normalized spacial score (nSPS) is 17.5. The Bertz CT molecular complexity index is 741. The smallest absolute Gasteiger partial charge is 0.293 e. The Hall–Kier alpha value is -1.63. The molecule has 1 fully saturated rings. The third-order valence-corrected chi connectivity index (χ3v) is 4.85. The van der Waals surface area contributed by atoms with Crippen LogP contribution in [0.25, 0.3) is 5.69 Å². The second-order valence-corrected chi connectivity index (χ2v) is 6.53. The van der Waals surface area contributed by atoms with E-state index in [-0.39, 0.29) is 17.8 Å². The number of amides is 1. The van der Waals surface area contributed by atoms with Crippen molar-refractivity contribution >= 4 is 29.1 Å². The van der Waals surface area contributed by atoms with Gasteiger partial charge in [0, 0.05) is 25.6 Å². The van der Waals surface area contributed by atoms with E-state index in [4.69, 9.17) is 28.9 Å².